The molecule has 3 N–H and O–H groups in total. The first-order valence-corrected chi connectivity index (χ1v) is 3.30. The third-order valence-electron chi connectivity index (χ3n) is 0.870. The number of aromatic nitrogens is 2. The maximum atomic E-state index is 5.32. The van der Waals surface area contributed by atoms with Gasteiger partial charge in [0.2, 0.25) is 0 Å². The molecule has 44 valence electrons. The second-order valence-corrected chi connectivity index (χ2v) is 2.56. The summed E-state index contributed by atoms with van der Waals surface area (Å²) in [6.07, 6.45) is 1.75. The van der Waals surface area contributed by atoms with Crippen LogP contribution in [0.3, 0.4) is 0 Å². The predicted octanol–water partition coefficient (Wildman–Crippen LogP) is 0.473. The molecule has 0 fully saturated rings. The summed E-state index contributed by atoms with van der Waals surface area (Å²) in [5, 5.41) is 6.55. The van der Waals surface area contributed by atoms with Crippen molar-refractivity contribution in [3.8, 4) is 0 Å². The number of nitrogens with two attached hydrogens (primary N) is 1. The van der Waals surface area contributed by atoms with Crippen LogP contribution in [0.15, 0.2) is 6.20 Å². The number of rotatable bonds is 1. The van der Waals surface area contributed by atoms with Crippen LogP contribution in [-0.2, 0) is 6.54 Å². The largest absolute Gasteiger partial charge is 0.325 e. The molecule has 0 saturated heterocycles. The van der Waals surface area contributed by atoms with Crippen LogP contribution in [0.5, 0.6) is 0 Å². The molecule has 0 aliphatic rings. The van der Waals surface area contributed by atoms with Crippen LogP contribution < -0.4 is 5.73 Å². The minimum absolute atomic E-state index is 0.540. The smallest absolute Gasteiger partial charge is 0.0624 e. The van der Waals surface area contributed by atoms with Gasteiger partial charge in [-0.25, -0.2) is 0 Å². The van der Waals surface area contributed by atoms with Gasteiger partial charge in [0.15, 0.2) is 0 Å². The molecule has 1 aromatic heterocycles. The summed E-state index contributed by atoms with van der Waals surface area (Å²) in [5.74, 6) is 0. The number of hydrogen-bond acceptors (Lipinski definition) is 2. The number of hydrogen-bond donors (Lipinski definition) is 2. The summed E-state index contributed by atoms with van der Waals surface area (Å²) in [7, 11) is 0. The van der Waals surface area contributed by atoms with E-state index in [0.29, 0.717) is 6.54 Å². The lowest BCUT2D eigenvalue weighted by atomic mass is 10.4. The van der Waals surface area contributed by atoms with Crippen molar-refractivity contribution in [3.63, 3.8) is 0 Å². The Balaban J connectivity index is 2.92. The lowest BCUT2D eigenvalue weighted by molar-refractivity contribution is 0.943. The van der Waals surface area contributed by atoms with Crippen LogP contribution in [0, 0.1) is 3.57 Å². The highest BCUT2D eigenvalue weighted by Crippen LogP contribution is 2.05. The Labute approximate surface area is 60.8 Å². The van der Waals surface area contributed by atoms with E-state index < -0.39 is 0 Å². The molecule has 0 bridgehead atoms. The molecule has 3 nitrogen and oxygen atoms in total. The van der Waals surface area contributed by atoms with Crippen molar-refractivity contribution in [2.45, 2.75) is 6.54 Å². The minimum Gasteiger partial charge on any atom is -0.325 e. The summed E-state index contributed by atoms with van der Waals surface area (Å²) in [4.78, 5) is 0. The van der Waals surface area contributed by atoms with E-state index in [1.54, 1.807) is 6.20 Å². The molecular formula is C4H6IN3. The van der Waals surface area contributed by atoms with Gasteiger partial charge in [0.05, 0.1) is 15.5 Å². The van der Waals surface area contributed by atoms with E-state index in [1.807, 2.05) is 0 Å². The highest BCUT2D eigenvalue weighted by atomic mass is 127. The van der Waals surface area contributed by atoms with E-state index in [4.69, 9.17) is 5.73 Å². The van der Waals surface area contributed by atoms with E-state index in [9.17, 15) is 0 Å². The maximum Gasteiger partial charge on any atom is 0.0624 e. The van der Waals surface area contributed by atoms with Crippen molar-refractivity contribution in [1.82, 2.24) is 10.2 Å². The molecular weight excluding hydrogens is 217 g/mol. The summed E-state index contributed by atoms with van der Waals surface area (Å²) < 4.78 is 1.10. The zero-order valence-corrected chi connectivity index (χ0v) is 6.34. The van der Waals surface area contributed by atoms with Gasteiger partial charge in [0, 0.05) is 6.54 Å². The second kappa shape index (κ2) is 2.45. The van der Waals surface area contributed by atoms with Crippen LogP contribution in [0.4, 0.5) is 0 Å². The lowest BCUT2D eigenvalue weighted by Gasteiger charge is -1.85. The van der Waals surface area contributed by atoms with Crippen molar-refractivity contribution in [1.29, 1.82) is 0 Å². The van der Waals surface area contributed by atoms with E-state index >= 15 is 0 Å². The Bertz CT molecular complexity index is 172. The normalized spacial score (nSPS) is 9.75. The van der Waals surface area contributed by atoms with E-state index in [-0.39, 0.29) is 0 Å². The molecule has 1 rings (SSSR count). The van der Waals surface area contributed by atoms with Gasteiger partial charge >= 0.3 is 0 Å². The molecule has 0 amide bonds. The fourth-order valence-electron chi connectivity index (χ4n) is 0.441. The SMILES string of the molecule is NCc1[nH]ncc1I. The van der Waals surface area contributed by atoms with Crippen molar-refractivity contribution >= 4 is 22.6 Å². The van der Waals surface area contributed by atoms with Crippen molar-refractivity contribution in [3.05, 3.63) is 15.5 Å². The standard InChI is InChI=1S/C4H6IN3/c5-3-2-7-8-4(3)1-6/h2H,1,6H2,(H,7,8). The molecule has 4 heteroatoms. The van der Waals surface area contributed by atoms with Crippen molar-refractivity contribution in [2.75, 3.05) is 0 Å². The van der Waals surface area contributed by atoms with Gasteiger partial charge in [-0.05, 0) is 22.6 Å². The zero-order chi connectivity index (χ0) is 5.98. The molecule has 0 aliphatic heterocycles. The molecule has 1 heterocycles. The van der Waals surface area contributed by atoms with Crippen LogP contribution in [0.1, 0.15) is 5.69 Å². The topological polar surface area (TPSA) is 54.7 Å². The van der Waals surface area contributed by atoms with Crippen LogP contribution in [0.2, 0.25) is 0 Å². The highest BCUT2D eigenvalue weighted by molar-refractivity contribution is 14.1. The Kier molecular flexibility index (Phi) is 1.85. The quantitative estimate of drug-likeness (QED) is 0.680. The molecule has 0 aliphatic carbocycles. The summed E-state index contributed by atoms with van der Waals surface area (Å²) in [5.41, 5.74) is 6.32. The number of aromatic amines is 1. The molecule has 0 spiro atoms. The number of nitrogens with one attached hydrogen (secondary N) is 1. The first-order chi connectivity index (χ1) is 3.84. The van der Waals surface area contributed by atoms with Gasteiger partial charge in [-0.15, -0.1) is 0 Å². The molecule has 0 aromatic carbocycles. The second-order valence-electron chi connectivity index (χ2n) is 1.40. The third-order valence-corrected chi connectivity index (χ3v) is 1.80. The fourth-order valence-corrected chi connectivity index (χ4v) is 0.921. The molecule has 1 aromatic rings. The van der Waals surface area contributed by atoms with E-state index in [1.165, 1.54) is 0 Å². The summed E-state index contributed by atoms with van der Waals surface area (Å²) in [6, 6.07) is 0. The van der Waals surface area contributed by atoms with Crippen molar-refractivity contribution in [2.24, 2.45) is 5.73 Å². The molecule has 0 atom stereocenters. The number of halogens is 1. The summed E-state index contributed by atoms with van der Waals surface area (Å²) in [6.45, 7) is 0.540. The van der Waals surface area contributed by atoms with Crippen LogP contribution in [0.25, 0.3) is 0 Å². The Morgan fingerprint density at radius 3 is 2.88 bits per heavy atom. The third kappa shape index (κ3) is 1.00. The first kappa shape index (κ1) is 6.03. The molecule has 0 radical (unpaired) electrons. The Morgan fingerprint density at radius 2 is 2.62 bits per heavy atom. The zero-order valence-electron chi connectivity index (χ0n) is 4.19. The van der Waals surface area contributed by atoms with Crippen LogP contribution in [-0.4, -0.2) is 10.2 Å². The van der Waals surface area contributed by atoms with Crippen LogP contribution >= 0.6 is 22.6 Å². The van der Waals surface area contributed by atoms with Gasteiger partial charge in [-0.2, -0.15) is 5.10 Å². The fraction of sp³-hybridized carbons (Fsp3) is 0.250. The average Bonchev–Trinajstić information content (AvgIpc) is 2.14. The van der Waals surface area contributed by atoms with E-state index in [2.05, 4.69) is 32.8 Å². The Morgan fingerprint density at radius 1 is 1.88 bits per heavy atom. The average molecular weight is 223 g/mol. The van der Waals surface area contributed by atoms with E-state index in [0.717, 1.165) is 9.26 Å². The number of nitrogens with zero attached hydrogens (tertiary/aromatic N) is 1. The number of H-pyrrole nitrogens is 1. The van der Waals surface area contributed by atoms with Crippen molar-refractivity contribution < 1.29 is 0 Å². The van der Waals surface area contributed by atoms with Gasteiger partial charge < -0.3 is 5.73 Å². The molecule has 0 saturated carbocycles. The monoisotopic (exact) mass is 223 g/mol. The molecule has 0 unspecified atom stereocenters. The van der Waals surface area contributed by atoms with Gasteiger partial charge in [-0.1, -0.05) is 0 Å². The van der Waals surface area contributed by atoms with Gasteiger partial charge in [-0.3, -0.25) is 5.10 Å². The van der Waals surface area contributed by atoms with Gasteiger partial charge in [0.1, 0.15) is 0 Å². The minimum atomic E-state index is 0.540. The Hall–Kier alpha value is -0.100. The first-order valence-electron chi connectivity index (χ1n) is 2.22. The van der Waals surface area contributed by atoms with Gasteiger partial charge in [0.25, 0.3) is 0 Å². The maximum absolute atomic E-state index is 5.32. The summed E-state index contributed by atoms with van der Waals surface area (Å²) >= 11 is 2.18. The lowest BCUT2D eigenvalue weighted by Crippen LogP contribution is -1.97. The predicted molar refractivity (Wildman–Crippen MR) is 39.2 cm³/mol. The highest BCUT2D eigenvalue weighted by Gasteiger charge is 1.95. The molecule has 8 heavy (non-hydrogen) atoms.